The van der Waals surface area contributed by atoms with Crippen molar-refractivity contribution >= 4 is 17.6 Å². The third-order valence-corrected chi connectivity index (χ3v) is 3.10. The standard InChI is InChI=1S/C14H18N2O4/c1-10-3-2-4-11(7-10)15-13(17)9-16-5-6-20-12(8-16)14(18)19/h2-4,7,12H,5-6,8-9H2,1H3,(H,15,17)(H,18,19). The first kappa shape index (κ1) is 14.5. The Hall–Kier alpha value is -1.92. The minimum absolute atomic E-state index is 0.151. The number of amides is 1. The lowest BCUT2D eigenvalue weighted by molar-refractivity contribution is -0.156. The van der Waals surface area contributed by atoms with Crippen molar-refractivity contribution in [2.24, 2.45) is 0 Å². The number of carboxylic acids is 1. The Morgan fingerprint density at radius 3 is 3.00 bits per heavy atom. The van der Waals surface area contributed by atoms with Crippen LogP contribution in [0.25, 0.3) is 0 Å². The third-order valence-electron chi connectivity index (χ3n) is 3.10. The maximum absolute atomic E-state index is 11.9. The number of rotatable bonds is 4. The van der Waals surface area contributed by atoms with Crippen LogP contribution in [0.2, 0.25) is 0 Å². The molecule has 1 aliphatic heterocycles. The summed E-state index contributed by atoms with van der Waals surface area (Å²) >= 11 is 0. The van der Waals surface area contributed by atoms with E-state index in [1.807, 2.05) is 31.2 Å². The summed E-state index contributed by atoms with van der Waals surface area (Å²) in [6.45, 7) is 3.24. The lowest BCUT2D eigenvalue weighted by Gasteiger charge is -2.30. The first-order valence-corrected chi connectivity index (χ1v) is 6.48. The predicted molar refractivity (Wildman–Crippen MR) is 73.6 cm³/mol. The molecule has 1 unspecified atom stereocenters. The van der Waals surface area contributed by atoms with Crippen LogP contribution in [-0.2, 0) is 14.3 Å². The first-order valence-electron chi connectivity index (χ1n) is 6.48. The van der Waals surface area contributed by atoms with Gasteiger partial charge >= 0.3 is 5.97 Å². The molecule has 1 aromatic carbocycles. The molecule has 0 spiro atoms. The SMILES string of the molecule is Cc1cccc(NC(=O)CN2CCOC(C(=O)O)C2)c1. The van der Waals surface area contributed by atoms with Crippen molar-refractivity contribution in [2.45, 2.75) is 13.0 Å². The molecule has 1 amide bonds. The molecule has 20 heavy (non-hydrogen) atoms. The van der Waals surface area contributed by atoms with Crippen LogP contribution in [0, 0.1) is 6.92 Å². The van der Waals surface area contributed by atoms with Crippen molar-refractivity contribution in [3.05, 3.63) is 29.8 Å². The van der Waals surface area contributed by atoms with Crippen molar-refractivity contribution in [2.75, 3.05) is 31.6 Å². The van der Waals surface area contributed by atoms with E-state index in [1.165, 1.54) is 0 Å². The Bertz CT molecular complexity index is 504. The Balaban J connectivity index is 1.86. The van der Waals surface area contributed by atoms with Gasteiger partial charge in [-0.05, 0) is 24.6 Å². The summed E-state index contributed by atoms with van der Waals surface area (Å²) in [6.07, 6.45) is -0.851. The molecule has 2 N–H and O–H groups in total. The van der Waals surface area contributed by atoms with Crippen molar-refractivity contribution in [1.82, 2.24) is 4.90 Å². The van der Waals surface area contributed by atoms with E-state index in [4.69, 9.17) is 9.84 Å². The summed E-state index contributed by atoms with van der Waals surface area (Å²) in [4.78, 5) is 24.6. The number of hydrogen-bond acceptors (Lipinski definition) is 4. The number of ether oxygens (including phenoxy) is 1. The highest BCUT2D eigenvalue weighted by molar-refractivity contribution is 5.92. The molecule has 0 aliphatic carbocycles. The Kier molecular flexibility index (Phi) is 4.70. The van der Waals surface area contributed by atoms with E-state index in [9.17, 15) is 9.59 Å². The topological polar surface area (TPSA) is 78.9 Å². The third kappa shape index (κ3) is 4.04. The number of hydrogen-bond donors (Lipinski definition) is 2. The van der Waals surface area contributed by atoms with Gasteiger partial charge in [0.25, 0.3) is 0 Å². The summed E-state index contributed by atoms with van der Waals surface area (Å²) in [5.74, 6) is -1.14. The summed E-state index contributed by atoms with van der Waals surface area (Å²) in [5.41, 5.74) is 1.82. The number of nitrogens with one attached hydrogen (secondary N) is 1. The molecule has 1 aromatic rings. The molecular formula is C14H18N2O4. The normalized spacial score (nSPS) is 19.6. The zero-order chi connectivity index (χ0) is 14.5. The monoisotopic (exact) mass is 278 g/mol. The van der Waals surface area contributed by atoms with Gasteiger partial charge in [0.15, 0.2) is 6.10 Å². The molecule has 1 fully saturated rings. The van der Waals surface area contributed by atoms with Crippen LogP contribution < -0.4 is 5.32 Å². The molecular weight excluding hydrogens is 260 g/mol. The Labute approximate surface area is 117 Å². The van der Waals surface area contributed by atoms with E-state index >= 15 is 0 Å². The second-order valence-electron chi connectivity index (χ2n) is 4.85. The van der Waals surface area contributed by atoms with Gasteiger partial charge in [0.1, 0.15) is 0 Å². The van der Waals surface area contributed by atoms with Crippen LogP contribution in [0.4, 0.5) is 5.69 Å². The fourth-order valence-corrected chi connectivity index (χ4v) is 2.12. The number of carboxylic acid groups (broad SMARTS) is 1. The molecule has 6 heteroatoms. The fourth-order valence-electron chi connectivity index (χ4n) is 2.12. The average Bonchev–Trinajstić information content (AvgIpc) is 2.38. The van der Waals surface area contributed by atoms with Gasteiger partial charge in [-0.3, -0.25) is 9.69 Å². The van der Waals surface area contributed by atoms with Crippen molar-refractivity contribution < 1.29 is 19.4 Å². The number of morpholine rings is 1. The minimum atomic E-state index is -0.992. The van der Waals surface area contributed by atoms with Gasteiger partial charge in [-0.25, -0.2) is 4.79 Å². The number of carbonyl (C=O) groups excluding carboxylic acids is 1. The number of aliphatic carboxylic acids is 1. The van der Waals surface area contributed by atoms with E-state index in [0.717, 1.165) is 11.3 Å². The van der Waals surface area contributed by atoms with E-state index < -0.39 is 12.1 Å². The highest BCUT2D eigenvalue weighted by Gasteiger charge is 2.27. The van der Waals surface area contributed by atoms with Crippen LogP contribution in [-0.4, -0.2) is 54.2 Å². The van der Waals surface area contributed by atoms with E-state index in [-0.39, 0.29) is 19.0 Å². The molecule has 0 aromatic heterocycles. The number of nitrogens with zero attached hydrogens (tertiary/aromatic N) is 1. The molecule has 2 rings (SSSR count). The molecule has 0 saturated carbocycles. The molecule has 1 aliphatic rings. The van der Waals surface area contributed by atoms with Crippen LogP contribution in [0.15, 0.2) is 24.3 Å². The summed E-state index contributed by atoms with van der Waals surface area (Å²) in [5, 5.41) is 11.7. The molecule has 1 heterocycles. The Morgan fingerprint density at radius 1 is 1.50 bits per heavy atom. The van der Waals surface area contributed by atoms with E-state index in [1.54, 1.807) is 4.90 Å². The second-order valence-corrected chi connectivity index (χ2v) is 4.85. The van der Waals surface area contributed by atoms with Crippen LogP contribution in [0.1, 0.15) is 5.56 Å². The number of benzene rings is 1. The van der Waals surface area contributed by atoms with Crippen molar-refractivity contribution in [3.63, 3.8) is 0 Å². The largest absolute Gasteiger partial charge is 0.479 e. The highest BCUT2D eigenvalue weighted by Crippen LogP contribution is 2.10. The average molecular weight is 278 g/mol. The molecule has 6 nitrogen and oxygen atoms in total. The van der Waals surface area contributed by atoms with E-state index in [0.29, 0.717) is 13.2 Å². The lowest BCUT2D eigenvalue weighted by atomic mass is 10.2. The number of anilines is 1. The van der Waals surface area contributed by atoms with Gasteiger partial charge < -0.3 is 15.2 Å². The van der Waals surface area contributed by atoms with Gasteiger partial charge in [0.2, 0.25) is 5.91 Å². The first-order chi connectivity index (χ1) is 9.54. The maximum Gasteiger partial charge on any atom is 0.334 e. The smallest absolute Gasteiger partial charge is 0.334 e. The quantitative estimate of drug-likeness (QED) is 0.848. The molecule has 1 atom stereocenters. The van der Waals surface area contributed by atoms with Gasteiger partial charge in [-0.1, -0.05) is 12.1 Å². The number of aryl methyl sites for hydroxylation is 1. The van der Waals surface area contributed by atoms with Crippen molar-refractivity contribution in [3.8, 4) is 0 Å². The van der Waals surface area contributed by atoms with Crippen molar-refractivity contribution in [1.29, 1.82) is 0 Å². The van der Waals surface area contributed by atoms with Crippen LogP contribution >= 0.6 is 0 Å². The number of carbonyl (C=O) groups is 2. The van der Waals surface area contributed by atoms with Crippen LogP contribution in [0.3, 0.4) is 0 Å². The zero-order valence-electron chi connectivity index (χ0n) is 11.3. The van der Waals surface area contributed by atoms with E-state index in [2.05, 4.69) is 5.32 Å². The lowest BCUT2D eigenvalue weighted by Crippen LogP contribution is -2.48. The molecule has 1 saturated heterocycles. The maximum atomic E-state index is 11.9. The van der Waals surface area contributed by atoms with Crippen LogP contribution in [0.5, 0.6) is 0 Å². The summed E-state index contributed by atoms with van der Waals surface area (Å²) in [7, 11) is 0. The minimum Gasteiger partial charge on any atom is -0.479 e. The van der Waals surface area contributed by atoms with Gasteiger partial charge in [0.05, 0.1) is 13.2 Å². The molecule has 0 bridgehead atoms. The van der Waals surface area contributed by atoms with Gasteiger partial charge in [0, 0.05) is 18.8 Å². The zero-order valence-corrected chi connectivity index (χ0v) is 11.3. The molecule has 108 valence electrons. The fraction of sp³-hybridized carbons (Fsp3) is 0.429. The summed E-state index contributed by atoms with van der Waals surface area (Å²) < 4.78 is 5.11. The second kappa shape index (κ2) is 6.49. The van der Waals surface area contributed by atoms with Gasteiger partial charge in [-0.15, -0.1) is 0 Å². The predicted octanol–water partition coefficient (Wildman–Crippen LogP) is 0.719. The highest BCUT2D eigenvalue weighted by atomic mass is 16.5. The summed E-state index contributed by atoms with van der Waals surface area (Å²) in [6, 6.07) is 7.54. The van der Waals surface area contributed by atoms with Gasteiger partial charge in [-0.2, -0.15) is 0 Å². The molecule has 0 radical (unpaired) electrons. The Morgan fingerprint density at radius 2 is 2.30 bits per heavy atom.